The molecule has 0 atom stereocenters. The van der Waals surface area contributed by atoms with Gasteiger partial charge in [0.15, 0.2) is 0 Å². The highest BCUT2D eigenvalue weighted by Crippen LogP contribution is 2.23. The predicted molar refractivity (Wildman–Crippen MR) is 100 cm³/mol. The smallest absolute Gasteiger partial charge is 0.261 e. The number of pyridine rings is 1. The fourth-order valence-electron chi connectivity index (χ4n) is 3.87. The van der Waals surface area contributed by atoms with Gasteiger partial charge in [-0.3, -0.25) is 9.59 Å². The molecule has 3 aromatic rings. The monoisotopic (exact) mass is 350 g/mol. The van der Waals surface area contributed by atoms with Crippen molar-refractivity contribution < 1.29 is 4.79 Å². The van der Waals surface area contributed by atoms with E-state index >= 15 is 0 Å². The first-order valence-electron chi connectivity index (χ1n) is 9.01. The Morgan fingerprint density at radius 1 is 1.27 bits per heavy atom. The summed E-state index contributed by atoms with van der Waals surface area (Å²) >= 11 is 0. The van der Waals surface area contributed by atoms with E-state index < -0.39 is 0 Å². The zero-order chi connectivity index (χ0) is 18.1. The number of amides is 1. The van der Waals surface area contributed by atoms with Crippen LogP contribution in [-0.4, -0.2) is 38.8 Å². The van der Waals surface area contributed by atoms with Crippen LogP contribution < -0.4 is 5.56 Å². The topological polar surface area (TPSA) is 81.8 Å². The number of imidazole rings is 1. The van der Waals surface area contributed by atoms with E-state index in [-0.39, 0.29) is 17.0 Å². The fraction of sp³-hybridized carbons (Fsp3) is 0.350. The molecule has 0 saturated carbocycles. The lowest BCUT2D eigenvalue weighted by Gasteiger charge is -2.32. The normalized spacial score (nSPS) is 15.5. The van der Waals surface area contributed by atoms with Crippen LogP contribution in [0.4, 0.5) is 0 Å². The lowest BCUT2D eigenvalue weighted by atomic mass is 9.92. The molecule has 1 aliphatic heterocycles. The molecule has 1 aliphatic rings. The number of carbonyl (C=O) groups excluding carboxylic acids is 1. The van der Waals surface area contributed by atoms with Gasteiger partial charge >= 0.3 is 0 Å². The number of para-hydroxylation sites is 1. The average Bonchev–Trinajstić information content (AvgIpc) is 3.15. The number of nitrogens with one attached hydrogen (secondary N) is 2. The zero-order valence-corrected chi connectivity index (χ0v) is 14.8. The Hall–Kier alpha value is -2.89. The number of aromatic amines is 2. The van der Waals surface area contributed by atoms with Crippen molar-refractivity contribution in [2.24, 2.45) is 5.92 Å². The molecule has 3 heterocycles. The number of fused-ring (bicyclic) bond motifs is 1. The highest BCUT2D eigenvalue weighted by Gasteiger charge is 2.27. The van der Waals surface area contributed by atoms with Crippen molar-refractivity contribution in [3.05, 3.63) is 64.0 Å². The molecule has 2 aromatic heterocycles. The summed E-state index contributed by atoms with van der Waals surface area (Å²) in [4.78, 5) is 37.4. The van der Waals surface area contributed by atoms with Crippen molar-refractivity contribution in [2.45, 2.75) is 26.2 Å². The van der Waals surface area contributed by atoms with Crippen molar-refractivity contribution in [3.8, 4) is 0 Å². The summed E-state index contributed by atoms with van der Waals surface area (Å²) in [6, 6.07) is 7.60. The number of likely N-dealkylation sites (tertiary alicyclic amines) is 1. The second kappa shape index (κ2) is 6.78. The Kier molecular flexibility index (Phi) is 4.32. The number of rotatable bonds is 3. The molecule has 0 unspecified atom stereocenters. The molecule has 6 heteroatoms. The molecule has 1 saturated heterocycles. The summed E-state index contributed by atoms with van der Waals surface area (Å²) in [5.74, 6) is 0.380. The Bertz CT molecular complexity index is 983. The van der Waals surface area contributed by atoms with Crippen LogP contribution in [0.1, 0.15) is 34.5 Å². The zero-order valence-electron chi connectivity index (χ0n) is 14.8. The first-order chi connectivity index (χ1) is 12.6. The van der Waals surface area contributed by atoms with E-state index in [0.29, 0.717) is 19.0 Å². The molecule has 0 bridgehead atoms. The number of hydrogen-bond acceptors (Lipinski definition) is 3. The number of H-pyrrole nitrogens is 2. The molecule has 26 heavy (non-hydrogen) atoms. The molecule has 1 amide bonds. The van der Waals surface area contributed by atoms with E-state index in [2.05, 4.69) is 15.0 Å². The average molecular weight is 350 g/mol. The second-order valence-corrected chi connectivity index (χ2v) is 7.02. The summed E-state index contributed by atoms with van der Waals surface area (Å²) < 4.78 is 0. The molecular weight excluding hydrogens is 328 g/mol. The number of aromatic nitrogens is 3. The van der Waals surface area contributed by atoms with E-state index in [4.69, 9.17) is 0 Å². The number of aryl methyl sites for hydroxylation is 1. The molecule has 4 rings (SSSR count). The SMILES string of the molecule is Cc1c(C(=O)N2CCC(Cc3cnc[nH]3)CC2)c(=O)[nH]c2ccccc12. The third-order valence-electron chi connectivity index (χ3n) is 5.36. The number of carbonyl (C=O) groups is 1. The molecule has 0 radical (unpaired) electrons. The minimum absolute atomic E-state index is 0.158. The Labute approximate surface area is 151 Å². The third-order valence-corrected chi connectivity index (χ3v) is 5.36. The van der Waals surface area contributed by atoms with Crippen LogP contribution in [-0.2, 0) is 6.42 Å². The maximum Gasteiger partial charge on any atom is 0.261 e. The van der Waals surface area contributed by atoms with Crippen molar-refractivity contribution in [1.82, 2.24) is 19.9 Å². The van der Waals surface area contributed by atoms with Gasteiger partial charge in [0.05, 0.1) is 6.33 Å². The van der Waals surface area contributed by atoms with Gasteiger partial charge in [-0.2, -0.15) is 0 Å². The van der Waals surface area contributed by atoms with E-state index in [1.54, 1.807) is 6.33 Å². The van der Waals surface area contributed by atoms with Crippen molar-refractivity contribution in [2.75, 3.05) is 13.1 Å². The van der Waals surface area contributed by atoms with Crippen LogP contribution in [0.5, 0.6) is 0 Å². The number of piperidine rings is 1. The van der Waals surface area contributed by atoms with Gasteiger partial charge in [0, 0.05) is 35.9 Å². The van der Waals surface area contributed by atoms with Gasteiger partial charge in [-0.15, -0.1) is 0 Å². The number of hydrogen-bond donors (Lipinski definition) is 2. The van der Waals surface area contributed by atoms with E-state index in [9.17, 15) is 9.59 Å². The molecule has 134 valence electrons. The molecule has 0 aliphatic carbocycles. The highest BCUT2D eigenvalue weighted by molar-refractivity contribution is 5.99. The molecule has 1 aromatic carbocycles. The summed E-state index contributed by atoms with van der Waals surface area (Å²) in [5.41, 5.74) is 2.64. The van der Waals surface area contributed by atoms with Gasteiger partial charge in [-0.1, -0.05) is 18.2 Å². The maximum absolute atomic E-state index is 13.0. The number of benzene rings is 1. The summed E-state index contributed by atoms with van der Waals surface area (Å²) in [5, 5.41) is 0.921. The maximum atomic E-state index is 13.0. The van der Waals surface area contributed by atoms with E-state index in [0.717, 1.165) is 41.4 Å². The van der Waals surface area contributed by atoms with Crippen LogP contribution in [0.2, 0.25) is 0 Å². The van der Waals surface area contributed by atoms with Gasteiger partial charge < -0.3 is 14.9 Å². The Morgan fingerprint density at radius 2 is 2.04 bits per heavy atom. The molecule has 0 spiro atoms. The Morgan fingerprint density at radius 3 is 2.77 bits per heavy atom. The summed E-state index contributed by atoms with van der Waals surface area (Å²) in [7, 11) is 0. The van der Waals surface area contributed by atoms with Gasteiger partial charge in [0.2, 0.25) is 0 Å². The van der Waals surface area contributed by atoms with Crippen LogP contribution in [0.3, 0.4) is 0 Å². The standard InChI is InChI=1S/C20H22N4O2/c1-13-16-4-2-3-5-17(16)23-19(25)18(13)20(26)24-8-6-14(7-9-24)10-15-11-21-12-22-15/h2-5,11-12,14H,6-10H2,1H3,(H,21,22)(H,23,25). The minimum Gasteiger partial charge on any atom is -0.348 e. The fourth-order valence-corrected chi connectivity index (χ4v) is 3.87. The molecule has 2 N–H and O–H groups in total. The van der Waals surface area contributed by atoms with Gasteiger partial charge in [-0.25, -0.2) is 4.98 Å². The van der Waals surface area contributed by atoms with Crippen LogP contribution in [0.15, 0.2) is 41.6 Å². The summed E-state index contributed by atoms with van der Waals surface area (Å²) in [6.07, 6.45) is 6.39. The Balaban J connectivity index is 1.52. The van der Waals surface area contributed by atoms with Gasteiger partial charge in [-0.05, 0) is 43.7 Å². The van der Waals surface area contributed by atoms with Crippen LogP contribution in [0, 0.1) is 12.8 Å². The first kappa shape index (κ1) is 16.6. The van der Waals surface area contributed by atoms with E-state index in [1.165, 1.54) is 0 Å². The second-order valence-electron chi connectivity index (χ2n) is 7.02. The van der Waals surface area contributed by atoms with Crippen molar-refractivity contribution in [3.63, 3.8) is 0 Å². The lowest BCUT2D eigenvalue weighted by Crippen LogP contribution is -2.41. The lowest BCUT2D eigenvalue weighted by molar-refractivity contribution is 0.0688. The third kappa shape index (κ3) is 3.03. The van der Waals surface area contributed by atoms with Gasteiger partial charge in [0.25, 0.3) is 11.5 Å². The van der Waals surface area contributed by atoms with Crippen LogP contribution >= 0.6 is 0 Å². The predicted octanol–water partition coefficient (Wildman–Crippen LogP) is 2.65. The molecule has 6 nitrogen and oxygen atoms in total. The van der Waals surface area contributed by atoms with Crippen molar-refractivity contribution in [1.29, 1.82) is 0 Å². The summed E-state index contributed by atoms with van der Waals surface area (Å²) in [6.45, 7) is 3.22. The molecule has 1 fully saturated rings. The first-order valence-corrected chi connectivity index (χ1v) is 9.01. The largest absolute Gasteiger partial charge is 0.348 e. The highest BCUT2D eigenvalue weighted by atomic mass is 16.2. The minimum atomic E-state index is -0.300. The quantitative estimate of drug-likeness (QED) is 0.762. The van der Waals surface area contributed by atoms with E-state index in [1.807, 2.05) is 42.3 Å². The number of nitrogens with zero attached hydrogens (tertiary/aromatic N) is 2. The molecular formula is C20H22N4O2. The van der Waals surface area contributed by atoms with Crippen molar-refractivity contribution >= 4 is 16.8 Å². The van der Waals surface area contributed by atoms with Gasteiger partial charge in [0.1, 0.15) is 5.56 Å². The van der Waals surface area contributed by atoms with Crippen LogP contribution in [0.25, 0.3) is 10.9 Å².